The largest absolute Gasteiger partial charge is 0.397 e. The van der Waals surface area contributed by atoms with Crippen LogP contribution in [0, 0.1) is 0 Å². The smallest absolute Gasteiger partial charge is 0.238 e. The van der Waals surface area contributed by atoms with Crippen LogP contribution in [0.25, 0.3) is 0 Å². The summed E-state index contributed by atoms with van der Waals surface area (Å²) in [6.45, 7) is 4.75. The fraction of sp³-hybridized carbons (Fsp3) is 0.533. The molecule has 20 heavy (non-hydrogen) atoms. The molecule has 2 atom stereocenters. The van der Waals surface area contributed by atoms with Crippen molar-refractivity contribution >= 4 is 28.9 Å². The molecule has 1 aromatic carbocycles. The molecule has 5 heteroatoms. The van der Waals surface area contributed by atoms with Crippen molar-refractivity contribution in [3.63, 3.8) is 0 Å². The first-order chi connectivity index (χ1) is 9.47. The Balaban J connectivity index is 1.99. The number of piperidine rings is 1. The second-order valence-corrected chi connectivity index (χ2v) is 6.02. The van der Waals surface area contributed by atoms with Gasteiger partial charge in [0.25, 0.3) is 0 Å². The molecule has 4 nitrogen and oxygen atoms in total. The minimum absolute atomic E-state index is 0.0421. The van der Waals surface area contributed by atoms with Gasteiger partial charge in [-0.25, -0.2) is 0 Å². The van der Waals surface area contributed by atoms with Gasteiger partial charge in [-0.1, -0.05) is 18.0 Å². The third-order valence-corrected chi connectivity index (χ3v) is 4.23. The van der Waals surface area contributed by atoms with Gasteiger partial charge in [-0.05, 0) is 44.9 Å². The van der Waals surface area contributed by atoms with Crippen LogP contribution in [0.2, 0.25) is 5.02 Å². The zero-order chi connectivity index (χ0) is 14.7. The molecule has 2 rings (SSSR count). The van der Waals surface area contributed by atoms with Crippen LogP contribution in [0.3, 0.4) is 0 Å². The Morgan fingerprint density at radius 1 is 1.40 bits per heavy atom. The molecule has 0 saturated carbocycles. The van der Waals surface area contributed by atoms with Gasteiger partial charge in [0.2, 0.25) is 5.91 Å². The Hall–Kier alpha value is -1.26. The Kier molecular flexibility index (Phi) is 4.89. The summed E-state index contributed by atoms with van der Waals surface area (Å²) in [5, 5.41) is 3.41. The van der Waals surface area contributed by atoms with Gasteiger partial charge in [-0.2, -0.15) is 0 Å². The Labute approximate surface area is 125 Å². The molecule has 0 radical (unpaired) electrons. The van der Waals surface area contributed by atoms with Crippen molar-refractivity contribution in [2.75, 3.05) is 17.6 Å². The Bertz CT molecular complexity index is 482. The van der Waals surface area contributed by atoms with Gasteiger partial charge >= 0.3 is 0 Å². The zero-order valence-electron chi connectivity index (χ0n) is 12.0. The molecular weight excluding hydrogens is 274 g/mol. The van der Waals surface area contributed by atoms with E-state index in [1.54, 1.807) is 18.2 Å². The normalized spacial score (nSPS) is 23.6. The molecule has 1 amide bonds. The topological polar surface area (TPSA) is 58.4 Å². The highest BCUT2D eigenvalue weighted by Crippen LogP contribution is 2.24. The molecule has 0 aliphatic carbocycles. The number of hydrogen-bond acceptors (Lipinski definition) is 3. The summed E-state index contributed by atoms with van der Waals surface area (Å²) in [6, 6.07) is 5.98. The number of benzene rings is 1. The van der Waals surface area contributed by atoms with E-state index in [1.165, 1.54) is 6.42 Å². The molecule has 1 saturated heterocycles. The first kappa shape index (κ1) is 15.1. The van der Waals surface area contributed by atoms with Gasteiger partial charge in [0, 0.05) is 17.1 Å². The van der Waals surface area contributed by atoms with Crippen molar-refractivity contribution in [2.24, 2.45) is 0 Å². The van der Waals surface area contributed by atoms with Gasteiger partial charge < -0.3 is 11.1 Å². The number of likely N-dealkylation sites (tertiary alicyclic amines) is 1. The van der Waals surface area contributed by atoms with Crippen molar-refractivity contribution < 1.29 is 4.79 Å². The fourth-order valence-electron chi connectivity index (χ4n) is 2.78. The molecule has 2 unspecified atom stereocenters. The standard InChI is InChI=1S/C15H22ClN3O/c1-10-4-3-5-11(2)19(10)9-15(20)18-14-8-12(16)6-7-13(14)17/h6-8,10-11H,3-5,9,17H2,1-2H3,(H,18,20). The maximum absolute atomic E-state index is 12.2. The molecule has 1 aliphatic heterocycles. The summed E-state index contributed by atoms with van der Waals surface area (Å²) >= 11 is 5.92. The van der Waals surface area contributed by atoms with E-state index < -0.39 is 0 Å². The molecule has 1 fully saturated rings. The van der Waals surface area contributed by atoms with Crippen LogP contribution in [0.1, 0.15) is 33.1 Å². The number of amides is 1. The first-order valence-corrected chi connectivity index (χ1v) is 7.46. The number of halogens is 1. The summed E-state index contributed by atoms with van der Waals surface area (Å²) in [7, 11) is 0. The van der Waals surface area contributed by atoms with Crippen molar-refractivity contribution in [1.82, 2.24) is 4.90 Å². The lowest BCUT2D eigenvalue weighted by Crippen LogP contribution is -2.47. The Morgan fingerprint density at radius 3 is 2.70 bits per heavy atom. The van der Waals surface area contributed by atoms with Gasteiger partial charge in [0.1, 0.15) is 0 Å². The number of nitrogens with two attached hydrogens (primary N) is 1. The second-order valence-electron chi connectivity index (χ2n) is 5.58. The molecule has 0 bridgehead atoms. The molecular formula is C15H22ClN3O. The van der Waals surface area contributed by atoms with Crippen LogP contribution < -0.4 is 11.1 Å². The van der Waals surface area contributed by atoms with Gasteiger partial charge in [-0.3, -0.25) is 9.69 Å². The summed E-state index contributed by atoms with van der Waals surface area (Å²) in [5.74, 6) is -0.0421. The second kappa shape index (κ2) is 6.46. The van der Waals surface area contributed by atoms with Crippen LogP contribution in [-0.2, 0) is 4.79 Å². The summed E-state index contributed by atoms with van der Waals surface area (Å²) in [4.78, 5) is 14.4. The lowest BCUT2D eigenvalue weighted by atomic mass is 9.97. The average molecular weight is 296 g/mol. The molecule has 1 heterocycles. The van der Waals surface area contributed by atoms with E-state index in [1.807, 2.05) is 0 Å². The Morgan fingerprint density at radius 2 is 2.05 bits per heavy atom. The summed E-state index contributed by atoms with van der Waals surface area (Å²) in [5.41, 5.74) is 6.95. The predicted octanol–water partition coefficient (Wildman–Crippen LogP) is 3.12. The quantitative estimate of drug-likeness (QED) is 0.842. The van der Waals surface area contributed by atoms with Crippen molar-refractivity contribution in [3.8, 4) is 0 Å². The van der Waals surface area contributed by atoms with Crippen LogP contribution in [0.4, 0.5) is 11.4 Å². The van der Waals surface area contributed by atoms with Gasteiger partial charge in [-0.15, -0.1) is 0 Å². The lowest BCUT2D eigenvalue weighted by molar-refractivity contribution is -0.118. The third-order valence-electron chi connectivity index (χ3n) is 3.99. The molecule has 110 valence electrons. The minimum Gasteiger partial charge on any atom is -0.397 e. The van der Waals surface area contributed by atoms with Crippen LogP contribution >= 0.6 is 11.6 Å². The van der Waals surface area contributed by atoms with E-state index in [-0.39, 0.29) is 5.91 Å². The molecule has 0 spiro atoms. The lowest BCUT2D eigenvalue weighted by Gasteiger charge is -2.38. The highest BCUT2D eigenvalue weighted by Gasteiger charge is 2.26. The molecule has 1 aromatic rings. The van der Waals surface area contributed by atoms with Crippen LogP contribution in [0.5, 0.6) is 0 Å². The van der Waals surface area contributed by atoms with Crippen molar-refractivity contribution in [2.45, 2.75) is 45.2 Å². The average Bonchev–Trinajstić information content (AvgIpc) is 2.38. The predicted molar refractivity (Wildman–Crippen MR) is 84.0 cm³/mol. The number of anilines is 2. The number of nitrogens with zero attached hydrogens (tertiary/aromatic N) is 1. The number of hydrogen-bond donors (Lipinski definition) is 2. The van der Waals surface area contributed by atoms with E-state index in [2.05, 4.69) is 24.1 Å². The maximum Gasteiger partial charge on any atom is 0.238 e. The monoisotopic (exact) mass is 295 g/mol. The third kappa shape index (κ3) is 3.64. The van der Waals surface area contributed by atoms with Crippen LogP contribution in [0.15, 0.2) is 18.2 Å². The van der Waals surface area contributed by atoms with Crippen LogP contribution in [-0.4, -0.2) is 29.4 Å². The SMILES string of the molecule is CC1CCCC(C)N1CC(=O)Nc1cc(Cl)ccc1N. The van der Waals surface area contributed by atoms with E-state index in [0.717, 1.165) is 12.8 Å². The summed E-state index contributed by atoms with van der Waals surface area (Å²) in [6.07, 6.45) is 3.54. The van der Waals surface area contributed by atoms with E-state index in [4.69, 9.17) is 17.3 Å². The molecule has 3 N–H and O–H groups in total. The van der Waals surface area contributed by atoms with Crippen molar-refractivity contribution in [3.05, 3.63) is 23.2 Å². The first-order valence-electron chi connectivity index (χ1n) is 7.08. The fourth-order valence-corrected chi connectivity index (χ4v) is 2.95. The molecule has 1 aliphatic rings. The number of nitrogens with one attached hydrogen (secondary N) is 1. The highest BCUT2D eigenvalue weighted by atomic mass is 35.5. The van der Waals surface area contributed by atoms with E-state index >= 15 is 0 Å². The minimum atomic E-state index is -0.0421. The molecule has 0 aromatic heterocycles. The zero-order valence-corrected chi connectivity index (χ0v) is 12.8. The highest BCUT2D eigenvalue weighted by molar-refractivity contribution is 6.31. The van der Waals surface area contributed by atoms with Gasteiger partial charge in [0.15, 0.2) is 0 Å². The summed E-state index contributed by atoms with van der Waals surface area (Å²) < 4.78 is 0. The number of carbonyl (C=O) groups excluding carboxylic acids is 1. The van der Waals surface area contributed by atoms with E-state index in [0.29, 0.717) is 35.0 Å². The van der Waals surface area contributed by atoms with Crippen molar-refractivity contribution in [1.29, 1.82) is 0 Å². The number of nitrogen functional groups attached to an aromatic ring is 1. The maximum atomic E-state index is 12.2. The van der Waals surface area contributed by atoms with Gasteiger partial charge in [0.05, 0.1) is 17.9 Å². The number of carbonyl (C=O) groups is 1. The number of rotatable bonds is 3. The van der Waals surface area contributed by atoms with E-state index in [9.17, 15) is 4.79 Å².